The van der Waals surface area contributed by atoms with E-state index in [1.54, 1.807) is 36.5 Å². The molecule has 1 amide bonds. The van der Waals surface area contributed by atoms with Crippen LogP contribution in [0.1, 0.15) is 21.7 Å². The molecule has 5 rings (SSSR count). The van der Waals surface area contributed by atoms with Crippen molar-refractivity contribution < 1.29 is 18.3 Å². The van der Waals surface area contributed by atoms with Crippen molar-refractivity contribution in [1.82, 2.24) is 30.5 Å². The van der Waals surface area contributed by atoms with Gasteiger partial charge < -0.3 is 15.4 Å². The number of amides is 1. The normalized spacial score (nSPS) is 14.3. The molecular formula is C23H19F2N7O2. The molecule has 1 aliphatic heterocycles. The fraction of sp³-hybridized carbons (Fsp3) is 0.174. The lowest BCUT2D eigenvalue weighted by atomic mass is 9.95. The van der Waals surface area contributed by atoms with Gasteiger partial charge in [-0.25, -0.2) is 23.7 Å². The monoisotopic (exact) mass is 463 g/mol. The van der Waals surface area contributed by atoms with Crippen molar-refractivity contribution in [2.24, 2.45) is 0 Å². The number of hydrogen-bond donors (Lipinski definition) is 3. The van der Waals surface area contributed by atoms with Crippen molar-refractivity contribution in [3.8, 4) is 11.5 Å². The molecule has 0 unspecified atom stereocenters. The molecule has 1 saturated heterocycles. The van der Waals surface area contributed by atoms with Crippen LogP contribution in [-0.2, 0) is 16.8 Å². The first kappa shape index (κ1) is 21.6. The fourth-order valence-electron chi connectivity index (χ4n) is 3.57. The molecule has 0 radical (unpaired) electrons. The van der Waals surface area contributed by atoms with Crippen molar-refractivity contribution in [1.29, 1.82) is 0 Å². The number of nitrogens with one attached hydrogen (secondary N) is 3. The van der Waals surface area contributed by atoms with Crippen molar-refractivity contribution in [2.45, 2.75) is 12.1 Å². The van der Waals surface area contributed by atoms with Gasteiger partial charge in [0.15, 0.2) is 11.6 Å². The van der Waals surface area contributed by atoms with E-state index < -0.39 is 23.1 Å². The Morgan fingerprint density at radius 3 is 2.62 bits per heavy atom. The summed E-state index contributed by atoms with van der Waals surface area (Å²) in [6, 6.07) is 12.0. The molecule has 0 saturated carbocycles. The summed E-state index contributed by atoms with van der Waals surface area (Å²) in [6.45, 7) is 0.416. The van der Waals surface area contributed by atoms with Gasteiger partial charge in [-0.05, 0) is 36.4 Å². The van der Waals surface area contributed by atoms with Gasteiger partial charge in [-0.3, -0.25) is 9.89 Å². The standard InChI is InChI=1S/C23H19F2N7O2/c24-17-5-2-6-18(25)16(17)10-27-21(33)14-3-1-4-15(9-14)30-23(11-34-12-23)22-29-20(31-32-22)19-7-8-26-13-28-19/h1-9,13,30H,10-12H2,(H,27,33)(H,29,31,32). The average molecular weight is 463 g/mol. The van der Waals surface area contributed by atoms with Crippen LogP contribution in [0.25, 0.3) is 11.5 Å². The van der Waals surface area contributed by atoms with Gasteiger partial charge in [0, 0.05) is 29.6 Å². The molecular weight excluding hydrogens is 444 g/mol. The maximum Gasteiger partial charge on any atom is 0.251 e. The van der Waals surface area contributed by atoms with Gasteiger partial charge in [-0.2, -0.15) is 5.10 Å². The SMILES string of the molecule is O=C(NCc1c(F)cccc1F)c1cccc(NC2(c3nc(-c4ccncn4)n[nH]3)COC2)c1. The zero-order valence-corrected chi connectivity index (χ0v) is 17.8. The minimum absolute atomic E-state index is 0.194. The van der Waals surface area contributed by atoms with Crippen LogP contribution in [-0.4, -0.2) is 44.3 Å². The molecule has 2 aromatic carbocycles. The van der Waals surface area contributed by atoms with Gasteiger partial charge >= 0.3 is 0 Å². The number of halogens is 2. The smallest absolute Gasteiger partial charge is 0.251 e. The van der Waals surface area contributed by atoms with Gasteiger partial charge in [-0.1, -0.05) is 12.1 Å². The number of ether oxygens (including phenoxy) is 1. The summed E-state index contributed by atoms with van der Waals surface area (Å²) in [7, 11) is 0. The topological polar surface area (TPSA) is 118 Å². The zero-order chi connectivity index (χ0) is 23.5. The number of nitrogens with zero attached hydrogens (tertiary/aromatic N) is 4. The molecule has 1 fully saturated rings. The van der Waals surface area contributed by atoms with Crippen LogP contribution in [0.15, 0.2) is 61.1 Å². The Balaban J connectivity index is 1.31. The molecule has 3 N–H and O–H groups in total. The summed E-state index contributed by atoms with van der Waals surface area (Å²) in [6.07, 6.45) is 3.03. The summed E-state index contributed by atoms with van der Waals surface area (Å²) < 4.78 is 33.1. The number of carbonyl (C=O) groups is 1. The second-order valence-corrected chi connectivity index (χ2v) is 7.77. The van der Waals surface area contributed by atoms with Gasteiger partial charge in [0.1, 0.15) is 29.2 Å². The summed E-state index contributed by atoms with van der Waals surface area (Å²) in [5.74, 6) is -0.890. The molecule has 34 heavy (non-hydrogen) atoms. The number of H-pyrrole nitrogens is 1. The highest BCUT2D eigenvalue weighted by atomic mass is 19.1. The lowest BCUT2D eigenvalue weighted by Gasteiger charge is -2.40. The highest BCUT2D eigenvalue weighted by Gasteiger charge is 2.44. The predicted molar refractivity (Wildman–Crippen MR) is 117 cm³/mol. The van der Waals surface area contributed by atoms with E-state index >= 15 is 0 Å². The number of anilines is 1. The van der Waals surface area contributed by atoms with Crippen LogP contribution in [0.5, 0.6) is 0 Å². The van der Waals surface area contributed by atoms with Crippen LogP contribution in [0, 0.1) is 11.6 Å². The highest BCUT2D eigenvalue weighted by Crippen LogP contribution is 2.32. The molecule has 1 aliphatic rings. The van der Waals surface area contributed by atoms with Crippen molar-refractivity contribution in [2.75, 3.05) is 18.5 Å². The quantitative estimate of drug-likeness (QED) is 0.386. The molecule has 3 heterocycles. The van der Waals surface area contributed by atoms with Crippen LogP contribution in [0.2, 0.25) is 0 Å². The molecule has 0 aliphatic carbocycles. The van der Waals surface area contributed by atoms with Crippen LogP contribution < -0.4 is 10.6 Å². The van der Waals surface area contributed by atoms with Gasteiger partial charge in [0.2, 0.25) is 0 Å². The minimum Gasteiger partial charge on any atom is -0.375 e. The Kier molecular flexibility index (Phi) is 5.68. The van der Waals surface area contributed by atoms with Gasteiger partial charge in [0.25, 0.3) is 5.91 Å². The average Bonchev–Trinajstić information content (AvgIpc) is 3.32. The van der Waals surface area contributed by atoms with E-state index in [0.717, 1.165) is 12.1 Å². The first-order chi connectivity index (χ1) is 16.5. The maximum absolute atomic E-state index is 13.8. The molecule has 0 spiro atoms. The summed E-state index contributed by atoms with van der Waals surface area (Å²) >= 11 is 0. The third-order valence-electron chi connectivity index (χ3n) is 5.44. The van der Waals surface area contributed by atoms with E-state index in [1.807, 2.05) is 0 Å². The lowest BCUT2D eigenvalue weighted by molar-refractivity contribution is -0.0487. The van der Waals surface area contributed by atoms with Crippen molar-refractivity contribution in [3.05, 3.63) is 89.6 Å². The second kappa shape index (κ2) is 8.94. The third kappa shape index (κ3) is 4.20. The number of aromatic amines is 1. The van der Waals surface area contributed by atoms with Crippen LogP contribution in [0.3, 0.4) is 0 Å². The molecule has 11 heteroatoms. The molecule has 0 bridgehead atoms. The minimum atomic E-state index is -0.712. The Bertz CT molecular complexity index is 1310. The van der Waals surface area contributed by atoms with Crippen LogP contribution >= 0.6 is 0 Å². The van der Waals surface area contributed by atoms with E-state index in [9.17, 15) is 13.6 Å². The summed E-state index contributed by atoms with van der Waals surface area (Å²) in [5.41, 5.74) is 0.701. The van der Waals surface area contributed by atoms with Crippen LogP contribution in [0.4, 0.5) is 14.5 Å². The third-order valence-corrected chi connectivity index (χ3v) is 5.44. The largest absolute Gasteiger partial charge is 0.375 e. The molecule has 4 aromatic rings. The van der Waals surface area contributed by atoms with E-state index in [1.165, 1.54) is 12.4 Å². The van der Waals surface area contributed by atoms with E-state index in [0.29, 0.717) is 41.8 Å². The lowest BCUT2D eigenvalue weighted by Crippen LogP contribution is -2.53. The number of carbonyl (C=O) groups excluding carboxylic acids is 1. The van der Waals surface area contributed by atoms with E-state index in [-0.39, 0.29) is 12.1 Å². The predicted octanol–water partition coefficient (Wildman–Crippen LogP) is 2.81. The Morgan fingerprint density at radius 2 is 1.91 bits per heavy atom. The maximum atomic E-state index is 13.8. The fourth-order valence-corrected chi connectivity index (χ4v) is 3.57. The summed E-state index contributed by atoms with van der Waals surface area (Å²) in [4.78, 5) is 25.2. The molecule has 172 valence electrons. The Morgan fingerprint density at radius 1 is 1.12 bits per heavy atom. The Hall–Kier alpha value is -4.25. The number of aromatic nitrogens is 5. The molecule has 2 aromatic heterocycles. The number of benzene rings is 2. The van der Waals surface area contributed by atoms with E-state index in [4.69, 9.17) is 4.74 Å². The van der Waals surface area contributed by atoms with E-state index in [2.05, 4.69) is 35.8 Å². The second-order valence-electron chi connectivity index (χ2n) is 7.77. The zero-order valence-electron chi connectivity index (χ0n) is 17.8. The van der Waals surface area contributed by atoms with Gasteiger partial charge in [-0.15, -0.1) is 0 Å². The molecule has 0 atom stereocenters. The molecule has 9 nitrogen and oxygen atoms in total. The first-order valence-corrected chi connectivity index (χ1v) is 10.4. The van der Waals surface area contributed by atoms with Crippen molar-refractivity contribution >= 4 is 11.6 Å². The highest BCUT2D eigenvalue weighted by molar-refractivity contribution is 5.95. The number of hydrogen-bond acceptors (Lipinski definition) is 7. The van der Waals surface area contributed by atoms with Gasteiger partial charge in [0.05, 0.1) is 13.2 Å². The number of rotatable bonds is 7. The summed E-state index contributed by atoms with van der Waals surface area (Å²) in [5, 5.41) is 13.1. The first-order valence-electron chi connectivity index (χ1n) is 10.4. The van der Waals surface area contributed by atoms with Crippen molar-refractivity contribution in [3.63, 3.8) is 0 Å². The Labute approximate surface area is 192 Å².